The number of halogens is 1. The molecule has 1 saturated heterocycles. The predicted molar refractivity (Wildman–Crippen MR) is 128 cm³/mol. The topological polar surface area (TPSA) is 91.6 Å². The van der Waals surface area contributed by atoms with Gasteiger partial charge in [-0.05, 0) is 37.3 Å². The Morgan fingerprint density at radius 1 is 1.12 bits per heavy atom. The summed E-state index contributed by atoms with van der Waals surface area (Å²) in [7, 11) is 0. The lowest BCUT2D eigenvalue weighted by Crippen LogP contribution is -2.51. The monoisotopic (exact) mass is 485 g/mol. The number of hydrogen-bond acceptors (Lipinski definition) is 7. The molecule has 33 heavy (non-hydrogen) atoms. The van der Waals surface area contributed by atoms with Gasteiger partial charge in [-0.2, -0.15) is 4.98 Å². The van der Waals surface area contributed by atoms with E-state index in [4.69, 9.17) is 16.1 Å². The first-order valence-corrected chi connectivity index (χ1v) is 11.9. The number of hydrogen-bond donors (Lipinski definition) is 1. The van der Waals surface area contributed by atoms with Gasteiger partial charge in [-0.3, -0.25) is 9.59 Å². The molecule has 0 unspecified atom stereocenters. The summed E-state index contributed by atoms with van der Waals surface area (Å²) < 4.78 is 5.13. The third-order valence-corrected chi connectivity index (χ3v) is 6.55. The minimum atomic E-state index is -0.286. The van der Waals surface area contributed by atoms with E-state index in [0.717, 1.165) is 10.6 Å². The highest BCUT2D eigenvalue weighted by Gasteiger charge is 2.22. The summed E-state index contributed by atoms with van der Waals surface area (Å²) in [5, 5.41) is 7.23. The number of aryl methyl sites for hydroxylation is 1. The number of carbonyl (C=O) groups excluding carboxylic acids is 2. The molecule has 0 bridgehead atoms. The van der Waals surface area contributed by atoms with Gasteiger partial charge < -0.3 is 19.6 Å². The van der Waals surface area contributed by atoms with Crippen LogP contribution >= 0.6 is 23.4 Å². The Labute approximate surface area is 201 Å². The number of carbonyl (C=O) groups is 2. The van der Waals surface area contributed by atoms with Gasteiger partial charge in [0.15, 0.2) is 5.82 Å². The molecular weight excluding hydrogens is 462 g/mol. The molecule has 1 fully saturated rings. The van der Waals surface area contributed by atoms with Crippen LogP contribution in [0.4, 0.5) is 5.69 Å². The van der Waals surface area contributed by atoms with Crippen LogP contribution in [0.25, 0.3) is 0 Å². The Morgan fingerprint density at radius 3 is 2.64 bits per heavy atom. The molecule has 0 spiro atoms. The average molecular weight is 486 g/mol. The third kappa shape index (κ3) is 6.06. The number of piperazine rings is 1. The second kappa shape index (κ2) is 10.7. The first-order valence-electron chi connectivity index (χ1n) is 10.6. The molecule has 172 valence electrons. The van der Waals surface area contributed by atoms with E-state index in [-0.39, 0.29) is 18.4 Å². The average Bonchev–Trinajstić information content (AvgIpc) is 3.26. The van der Waals surface area contributed by atoms with E-state index in [2.05, 4.69) is 20.4 Å². The number of benzene rings is 2. The lowest BCUT2D eigenvalue weighted by Gasteiger charge is -2.36. The van der Waals surface area contributed by atoms with Crippen LogP contribution in [0, 0.1) is 6.92 Å². The lowest BCUT2D eigenvalue weighted by molar-refractivity contribution is -0.130. The highest BCUT2D eigenvalue weighted by molar-refractivity contribution is 7.98. The van der Waals surface area contributed by atoms with Crippen molar-refractivity contribution in [1.29, 1.82) is 0 Å². The number of nitrogens with one attached hydrogen (secondary N) is 1. The largest absolute Gasteiger partial charge is 0.368 e. The third-order valence-electron chi connectivity index (χ3n) is 5.26. The number of rotatable bonds is 7. The zero-order chi connectivity index (χ0) is 23.2. The highest BCUT2D eigenvalue weighted by atomic mass is 35.5. The molecule has 1 aliphatic heterocycles. The molecule has 1 aromatic heterocycles. The second-order valence-electron chi connectivity index (χ2n) is 7.55. The van der Waals surface area contributed by atoms with Crippen molar-refractivity contribution < 1.29 is 14.1 Å². The molecule has 0 aliphatic carbocycles. The van der Waals surface area contributed by atoms with Gasteiger partial charge in [0.25, 0.3) is 5.91 Å². The highest BCUT2D eigenvalue weighted by Crippen LogP contribution is 2.26. The molecular formula is C23H24ClN5O3S. The van der Waals surface area contributed by atoms with E-state index in [1.54, 1.807) is 24.0 Å². The number of amides is 2. The molecule has 0 atom stereocenters. The zero-order valence-electron chi connectivity index (χ0n) is 18.2. The molecule has 3 aromatic rings. The van der Waals surface area contributed by atoms with E-state index < -0.39 is 0 Å². The number of aromatic nitrogens is 2. The van der Waals surface area contributed by atoms with Gasteiger partial charge in [0.1, 0.15) is 0 Å². The molecule has 4 rings (SSSR count). The molecule has 10 heteroatoms. The van der Waals surface area contributed by atoms with Gasteiger partial charge >= 0.3 is 0 Å². The van der Waals surface area contributed by atoms with Crippen molar-refractivity contribution in [2.75, 3.05) is 37.6 Å². The summed E-state index contributed by atoms with van der Waals surface area (Å²) in [5.74, 6) is 1.15. The summed E-state index contributed by atoms with van der Waals surface area (Å²) in [5.41, 5.74) is 1.56. The van der Waals surface area contributed by atoms with E-state index in [0.29, 0.717) is 54.2 Å². The summed E-state index contributed by atoms with van der Waals surface area (Å²) in [6.07, 6.45) is 0. The minimum absolute atomic E-state index is 0.0438. The fraction of sp³-hybridized carbons (Fsp3) is 0.304. The first kappa shape index (κ1) is 23.1. The van der Waals surface area contributed by atoms with E-state index in [1.807, 2.05) is 36.4 Å². The van der Waals surface area contributed by atoms with Gasteiger partial charge in [0.05, 0.1) is 17.9 Å². The van der Waals surface area contributed by atoms with Crippen LogP contribution < -0.4 is 10.2 Å². The zero-order valence-corrected chi connectivity index (χ0v) is 19.7. The summed E-state index contributed by atoms with van der Waals surface area (Å²) >= 11 is 7.52. The van der Waals surface area contributed by atoms with Crippen molar-refractivity contribution >= 4 is 40.9 Å². The lowest BCUT2D eigenvalue weighted by atomic mass is 10.2. The fourth-order valence-corrected chi connectivity index (χ4v) is 4.64. The summed E-state index contributed by atoms with van der Waals surface area (Å²) in [4.78, 5) is 34.4. The molecule has 1 aliphatic rings. The van der Waals surface area contributed by atoms with Crippen LogP contribution in [0.5, 0.6) is 0 Å². The molecule has 2 aromatic carbocycles. The molecule has 2 amide bonds. The van der Waals surface area contributed by atoms with Crippen LogP contribution in [0.3, 0.4) is 0 Å². The van der Waals surface area contributed by atoms with Crippen molar-refractivity contribution in [2.24, 2.45) is 0 Å². The summed E-state index contributed by atoms with van der Waals surface area (Å²) in [6, 6.07) is 15.0. The van der Waals surface area contributed by atoms with Crippen molar-refractivity contribution in [1.82, 2.24) is 20.4 Å². The van der Waals surface area contributed by atoms with Crippen molar-refractivity contribution in [3.8, 4) is 0 Å². The van der Waals surface area contributed by atoms with Gasteiger partial charge in [-0.1, -0.05) is 35.0 Å². The van der Waals surface area contributed by atoms with Crippen LogP contribution in [0.15, 0.2) is 57.9 Å². The van der Waals surface area contributed by atoms with E-state index >= 15 is 0 Å². The number of nitrogens with zero attached hydrogens (tertiary/aromatic N) is 4. The molecule has 0 radical (unpaired) electrons. The smallest absolute Gasteiger partial charge is 0.252 e. The van der Waals surface area contributed by atoms with Crippen LogP contribution in [-0.4, -0.2) is 59.6 Å². The Morgan fingerprint density at radius 2 is 1.91 bits per heavy atom. The van der Waals surface area contributed by atoms with Crippen molar-refractivity contribution in [3.63, 3.8) is 0 Å². The molecule has 8 nitrogen and oxygen atoms in total. The van der Waals surface area contributed by atoms with Gasteiger partial charge in [-0.25, -0.2) is 0 Å². The van der Waals surface area contributed by atoms with E-state index in [9.17, 15) is 9.59 Å². The Kier molecular flexibility index (Phi) is 7.51. The normalized spacial score (nSPS) is 13.8. The fourth-order valence-electron chi connectivity index (χ4n) is 3.57. The Bertz CT molecular complexity index is 1130. The van der Waals surface area contributed by atoms with Crippen molar-refractivity contribution in [3.05, 3.63) is 70.8 Å². The second-order valence-corrected chi connectivity index (χ2v) is 9.00. The van der Waals surface area contributed by atoms with Crippen LogP contribution in [0.1, 0.15) is 22.1 Å². The first-order chi connectivity index (χ1) is 16.0. The molecule has 2 heterocycles. The van der Waals surface area contributed by atoms with Gasteiger partial charge in [0, 0.05) is 41.8 Å². The van der Waals surface area contributed by atoms with Crippen molar-refractivity contribution in [2.45, 2.75) is 17.6 Å². The quantitative estimate of drug-likeness (QED) is 0.513. The number of thioether (sulfide) groups is 1. The number of anilines is 1. The SMILES string of the molecule is Cc1noc(CSc2ccccc2C(=O)NCC(=O)N2CCN(c3cccc(Cl)c3)CC2)n1. The molecule has 0 saturated carbocycles. The van der Waals surface area contributed by atoms with Gasteiger partial charge in [-0.15, -0.1) is 11.8 Å². The Hall–Kier alpha value is -3.04. The maximum absolute atomic E-state index is 12.8. The standard InChI is InChI=1S/C23H24ClN5O3S/c1-16-26-21(32-27-16)15-33-20-8-3-2-7-19(20)23(31)25-14-22(30)29-11-9-28(10-12-29)18-6-4-5-17(24)13-18/h2-8,13H,9-12,14-15H2,1H3,(H,25,31). The predicted octanol–water partition coefficient (Wildman–Crippen LogP) is 3.40. The summed E-state index contributed by atoms with van der Waals surface area (Å²) in [6.45, 7) is 4.34. The van der Waals surface area contributed by atoms with Crippen LogP contribution in [0.2, 0.25) is 5.02 Å². The minimum Gasteiger partial charge on any atom is -0.368 e. The maximum Gasteiger partial charge on any atom is 0.252 e. The van der Waals surface area contributed by atoms with Gasteiger partial charge in [0.2, 0.25) is 11.8 Å². The van der Waals surface area contributed by atoms with Crippen LogP contribution in [-0.2, 0) is 10.5 Å². The Balaban J connectivity index is 1.28. The van der Waals surface area contributed by atoms with E-state index in [1.165, 1.54) is 11.8 Å². The molecule has 1 N–H and O–H groups in total. The maximum atomic E-state index is 12.8.